The van der Waals surface area contributed by atoms with Gasteiger partial charge in [-0.15, -0.1) is 24.0 Å². The number of carbonyl (C=O) groups is 1. The zero-order chi connectivity index (χ0) is 18.9. The molecule has 0 unspecified atom stereocenters. The summed E-state index contributed by atoms with van der Waals surface area (Å²) in [5, 5.41) is 9.43. The number of guanidine groups is 1. The number of nitrogens with zero attached hydrogens (tertiary/aromatic N) is 1. The van der Waals surface area contributed by atoms with E-state index in [1.807, 2.05) is 19.9 Å². The van der Waals surface area contributed by atoms with Crippen molar-refractivity contribution in [3.63, 3.8) is 0 Å². The Morgan fingerprint density at radius 3 is 2.04 bits per heavy atom. The van der Waals surface area contributed by atoms with E-state index in [9.17, 15) is 4.79 Å². The van der Waals surface area contributed by atoms with Gasteiger partial charge in [-0.25, -0.2) is 0 Å². The monoisotopic (exact) mass is 474 g/mol. The number of nitrogens with one attached hydrogen (secondary N) is 3. The fraction of sp³-hybridized carbons (Fsp3) is 0.600. The second-order valence-electron chi connectivity index (χ2n) is 7.10. The first-order chi connectivity index (χ1) is 11.8. The van der Waals surface area contributed by atoms with E-state index in [1.165, 1.54) is 5.56 Å². The second-order valence-corrected chi connectivity index (χ2v) is 7.10. The molecular weight excluding hydrogens is 439 g/mol. The predicted molar refractivity (Wildman–Crippen MR) is 121 cm³/mol. The Morgan fingerprint density at radius 1 is 1.04 bits per heavy atom. The van der Waals surface area contributed by atoms with Crippen LogP contribution in [0, 0.1) is 5.41 Å². The Labute approximate surface area is 175 Å². The fourth-order valence-electron chi connectivity index (χ4n) is 3.00. The van der Waals surface area contributed by atoms with Crippen LogP contribution in [0.1, 0.15) is 46.1 Å². The molecule has 0 heterocycles. The molecule has 148 valence electrons. The number of aliphatic imine (C=N–C) groups is 1. The highest BCUT2D eigenvalue weighted by molar-refractivity contribution is 14.0. The van der Waals surface area contributed by atoms with E-state index in [2.05, 4.69) is 59.1 Å². The molecule has 0 saturated heterocycles. The number of amides is 1. The second kappa shape index (κ2) is 11.4. The lowest BCUT2D eigenvalue weighted by atomic mass is 9.76. The number of carbonyl (C=O) groups excluding carboxylic acids is 1. The van der Waals surface area contributed by atoms with Crippen molar-refractivity contribution >= 4 is 35.8 Å². The Bertz CT molecular complexity index is 568. The highest BCUT2D eigenvalue weighted by Gasteiger charge is 2.29. The molecule has 0 aromatic heterocycles. The van der Waals surface area contributed by atoms with E-state index in [0.29, 0.717) is 6.54 Å². The minimum atomic E-state index is -0.502. The SMILES string of the molecule is CCC(CC)(CNC(=NC)NCC(C)(C)C(=O)NC)c1ccccc1.I. The predicted octanol–water partition coefficient (Wildman–Crippen LogP) is 3.30. The maximum atomic E-state index is 11.9. The molecule has 0 saturated carbocycles. The molecule has 6 heteroatoms. The molecule has 0 aliphatic carbocycles. The van der Waals surface area contributed by atoms with E-state index in [1.54, 1.807) is 14.1 Å². The zero-order valence-electron chi connectivity index (χ0n) is 17.0. The molecule has 1 aromatic carbocycles. The van der Waals surface area contributed by atoms with Crippen molar-refractivity contribution in [3.05, 3.63) is 35.9 Å². The molecular formula is C20H35IN4O. The third-order valence-corrected chi connectivity index (χ3v) is 5.10. The average molecular weight is 474 g/mol. The van der Waals surface area contributed by atoms with Crippen LogP contribution in [-0.2, 0) is 10.2 Å². The van der Waals surface area contributed by atoms with Gasteiger partial charge in [0.15, 0.2) is 5.96 Å². The topological polar surface area (TPSA) is 65.5 Å². The normalized spacial score (nSPS) is 12.2. The van der Waals surface area contributed by atoms with E-state index >= 15 is 0 Å². The number of rotatable bonds is 8. The molecule has 0 aliphatic rings. The van der Waals surface area contributed by atoms with Gasteiger partial charge in [-0.05, 0) is 32.3 Å². The summed E-state index contributed by atoms with van der Waals surface area (Å²) in [6, 6.07) is 10.6. The standard InChI is InChI=1S/C20H34N4O.HI/c1-7-20(8-2,16-12-10-9-11-13-16)15-24-18(22-6)23-14-19(3,4)17(25)21-5;/h9-13H,7-8,14-15H2,1-6H3,(H,21,25)(H2,22,23,24);1H. The third kappa shape index (κ3) is 6.45. The van der Waals surface area contributed by atoms with Crippen molar-refractivity contribution in [1.82, 2.24) is 16.0 Å². The van der Waals surface area contributed by atoms with Gasteiger partial charge in [0, 0.05) is 32.6 Å². The molecule has 0 bridgehead atoms. The molecule has 0 spiro atoms. The fourth-order valence-corrected chi connectivity index (χ4v) is 3.00. The number of hydrogen-bond donors (Lipinski definition) is 3. The first-order valence-corrected chi connectivity index (χ1v) is 9.07. The summed E-state index contributed by atoms with van der Waals surface area (Å²) in [6.07, 6.45) is 2.09. The lowest BCUT2D eigenvalue weighted by Crippen LogP contribution is -2.49. The minimum Gasteiger partial charge on any atom is -0.359 e. The molecule has 1 amide bonds. The van der Waals surface area contributed by atoms with Gasteiger partial charge in [0.1, 0.15) is 0 Å². The van der Waals surface area contributed by atoms with Gasteiger partial charge < -0.3 is 16.0 Å². The summed E-state index contributed by atoms with van der Waals surface area (Å²) in [6.45, 7) is 9.59. The van der Waals surface area contributed by atoms with Crippen LogP contribution in [-0.4, -0.2) is 39.1 Å². The van der Waals surface area contributed by atoms with Crippen LogP contribution in [0.5, 0.6) is 0 Å². The van der Waals surface area contributed by atoms with Gasteiger partial charge in [0.05, 0.1) is 5.41 Å². The molecule has 1 aromatic rings. The van der Waals surface area contributed by atoms with Crippen LogP contribution in [0.4, 0.5) is 0 Å². The maximum absolute atomic E-state index is 11.9. The van der Waals surface area contributed by atoms with Crippen LogP contribution in [0.15, 0.2) is 35.3 Å². The first-order valence-electron chi connectivity index (χ1n) is 9.07. The smallest absolute Gasteiger partial charge is 0.227 e. The quantitative estimate of drug-likeness (QED) is 0.308. The van der Waals surface area contributed by atoms with Crippen LogP contribution in [0.3, 0.4) is 0 Å². The summed E-state index contributed by atoms with van der Waals surface area (Å²) in [4.78, 5) is 16.2. The van der Waals surface area contributed by atoms with Gasteiger partial charge in [-0.3, -0.25) is 9.79 Å². The molecule has 0 atom stereocenters. The van der Waals surface area contributed by atoms with E-state index in [-0.39, 0.29) is 35.3 Å². The first kappa shape index (κ1) is 24.7. The lowest BCUT2D eigenvalue weighted by Gasteiger charge is -2.33. The van der Waals surface area contributed by atoms with Gasteiger partial charge in [-0.2, -0.15) is 0 Å². The van der Waals surface area contributed by atoms with Crippen LogP contribution >= 0.6 is 24.0 Å². The van der Waals surface area contributed by atoms with Crippen molar-refractivity contribution < 1.29 is 4.79 Å². The molecule has 0 fully saturated rings. The van der Waals surface area contributed by atoms with Crippen LogP contribution in [0.2, 0.25) is 0 Å². The third-order valence-electron chi connectivity index (χ3n) is 5.10. The van der Waals surface area contributed by atoms with Crippen molar-refractivity contribution in [2.75, 3.05) is 27.2 Å². The summed E-state index contributed by atoms with van der Waals surface area (Å²) in [5.74, 6) is 0.732. The van der Waals surface area contributed by atoms with E-state index in [4.69, 9.17) is 0 Å². The Hall–Kier alpha value is -1.31. The minimum absolute atomic E-state index is 0. The molecule has 26 heavy (non-hydrogen) atoms. The average Bonchev–Trinajstić information content (AvgIpc) is 2.65. The number of benzene rings is 1. The summed E-state index contributed by atoms with van der Waals surface area (Å²) < 4.78 is 0. The molecule has 0 aliphatic heterocycles. The maximum Gasteiger partial charge on any atom is 0.227 e. The number of halogens is 1. The molecule has 5 nitrogen and oxygen atoms in total. The number of hydrogen-bond acceptors (Lipinski definition) is 2. The van der Waals surface area contributed by atoms with E-state index < -0.39 is 5.41 Å². The van der Waals surface area contributed by atoms with Gasteiger partial charge in [0.25, 0.3) is 0 Å². The highest BCUT2D eigenvalue weighted by atomic mass is 127. The van der Waals surface area contributed by atoms with Crippen molar-refractivity contribution in [3.8, 4) is 0 Å². The Balaban J connectivity index is 0.00000625. The highest BCUT2D eigenvalue weighted by Crippen LogP contribution is 2.30. The Kier molecular flexibility index (Phi) is 10.8. The van der Waals surface area contributed by atoms with Gasteiger partial charge >= 0.3 is 0 Å². The van der Waals surface area contributed by atoms with Crippen LogP contribution in [0.25, 0.3) is 0 Å². The van der Waals surface area contributed by atoms with Gasteiger partial charge in [-0.1, -0.05) is 44.2 Å². The summed E-state index contributed by atoms with van der Waals surface area (Å²) in [5.41, 5.74) is 0.904. The van der Waals surface area contributed by atoms with Crippen LogP contribution < -0.4 is 16.0 Å². The molecule has 0 radical (unpaired) electrons. The van der Waals surface area contributed by atoms with E-state index in [0.717, 1.165) is 25.3 Å². The summed E-state index contributed by atoms with van der Waals surface area (Å²) >= 11 is 0. The zero-order valence-corrected chi connectivity index (χ0v) is 19.3. The van der Waals surface area contributed by atoms with Gasteiger partial charge in [0.2, 0.25) is 5.91 Å². The lowest BCUT2D eigenvalue weighted by molar-refractivity contribution is -0.128. The van der Waals surface area contributed by atoms with Crippen molar-refractivity contribution in [1.29, 1.82) is 0 Å². The van der Waals surface area contributed by atoms with Crippen molar-refractivity contribution in [2.24, 2.45) is 10.4 Å². The summed E-state index contributed by atoms with van der Waals surface area (Å²) in [7, 11) is 3.41. The Morgan fingerprint density at radius 2 is 1.58 bits per heavy atom. The van der Waals surface area contributed by atoms with Crippen molar-refractivity contribution in [2.45, 2.75) is 46.0 Å². The molecule has 1 rings (SSSR count). The largest absolute Gasteiger partial charge is 0.359 e. The molecule has 3 N–H and O–H groups in total.